The van der Waals surface area contributed by atoms with Gasteiger partial charge < -0.3 is 10.4 Å². The van der Waals surface area contributed by atoms with Gasteiger partial charge in [-0.1, -0.05) is 25.4 Å². The van der Waals surface area contributed by atoms with E-state index in [0.29, 0.717) is 29.2 Å². The Hall–Kier alpha value is -1.31. The van der Waals surface area contributed by atoms with Gasteiger partial charge in [0.2, 0.25) is 10.0 Å². The fourth-order valence-electron chi connectivity index (χ4n) is 2.58. The fourth-order valence-corrected chi connectivity index (χ4v) is 4.50. The Morgan fingerprint density at radius 2 is 2.08 bits per heavy atom. The summed E-state index contributed by atoms with van der Waals surface area (Å²) >= 11 is 6.17. The first-order valence-electron chi connectivity index (χ1n) is 7.98. The van der Waals surface area contributed by atoms with E-state index >= 15 is 0 Å². The number of halogens is 1. The highest BCUT2D eigenvalue weighted by atomic mass is 35.5. The van der Waals surface area contributed by atoms with Crippen molar-refractivity contribution in [2.45, 2.75) is 32.7 Å². The number of nitrogens with zero attached hydrogens (tertiary/aromatic N) is 1. The second-order valence-corrected chi connectivity index (χ2v) is 8.69. The van der Waals surface area contributed by atoms with Crippen LogP contribution in [0.5, 0.6) is 0 Å². The molecule has 1 aromatic carbocycles. The van der Waals surface area contributed by atoms with Gasteiger partial charge in [-0.3, -0.25) is 9.10 Å². The maximum absolute atomic E-state index is 12.4. The van der Waals surface area contributed by atoms with Crippen molar-refractivity contribution >= 4 is 33.2 Å². The quantitative estimate of drug-likeness (QED) is 0.825. The second-order valence-electron chi connectivity index (χ2n) is 6.27. The van der Waals surface area contributed by atoms with Crippen molar-refractivity contribution in [1.29, 1.82) is 0 Å². The number of carbonyl (C=O) groups excluding carboxylic acids is 1. The van der Waals surface area contributed by atoms with Crippen LogP contribution in [0.15, 0.2) is 18.2 Å². The number of amides is 1. The number of nitrogens with one attached hydrogen (secondary N) is 1. The monoisotopic (exact) mass is 374 g/mol. The van der Waals surface area contributed by atoms with Crippen molar-refractivity contribution < 1.29 is 18.3 Å². The lowest BCUT2D eigenvalue weighted by atomic mass is 10.0. The molecule has 1 aliphatic heterocycles. The Balaban J connectivity index is 2.30. The van der Waals surface area contributed by atoms with Gasteiger partial charge in [0.25, 0.3) is 5.91 Å². The van der Waals surface area contributed by atoms with Gasteiger partial charge in [0.1, 0.15) is 0 Å². The molecule has 0 saturated carbocycles. The molecule has 1 amide bonds. The summed E-state index contributed by atoms with van der Waals surface area (Å²) in [6.45, 7) is 3.99. The van der Waals surface area contributed by atoms with Gasteiger partial charge in [-0.15, -0.1) is 0 Å². The molecule has 1 atom stereocenters. The van der Waals surface area contributed by atoms with E-state index in [2.05, 4.69) is 5.32 Å². The zero-order valence-corrected chi connectivity index (χ0v) is 15.4. The van der Waals surface area contributed by atoms with Crippen molar-refractivity contribution in [1.82, 2.24) is 5.32 Å². The highest BCUT2D eigenvalue weighted by Gasteiger charge is 2.28. The summed E-state index contributed by atoms with van der Waals surface area (Å²) in [5.41, 5.74) is 0.642. The van der Waals surface area contributed by atoms with Crippen molar-refractivity contribution in [2.24, 2.45) is 5.92 Å². The third-order valence-electron chi connectivity index (χ3n) is 4.14. The lowest BCUT2D eigenvalue weighted by Crippen LogP contribution is -2.41. The lowest BCUT2D eigenvalue weighted by molar-refractivity contribution is 0.0897. The first kappa shape index (κ1) is 19.0. The van der Waals surface area contributed by atoms with E-state index in [1.807, 2.05) is 13.8 Å². The minimum absolute atomic E-state index is 0.0770. The van der Waals surface area contributed by atoms with E-state index in [1.54, 1.807) is 6.07 Å². The topological polar surface area (TPSA) is 86.7 Å². The van der Waals surface area contributed by atoms with E-state index in [4.69, 9.17) is 11.6 Å². The smallest absolute Gasteiger partial charge is 0.251 e. The minimum atomic E-state index is -3.41. The molecule has 2 N–H and O–H groups in total. The number of carbonyl (C=O) groups is 1. The van der Waals surface area contributed by atoms with Crippen molar-refractivity contribution in [3.8, 4) is 0 Å². The molecule has 24 heavy (non-hydrogen) atoms. The van der Waals surface area contributed by atoms with Crippen LogP contribution in [0.2, 0.25) is 5.02 Å². The molecule has 1 heterocycles. The van der Waals surface area contributed by atoms with Crippen LogP contribution < -0.4 is 9.62 Å². The Morgan fingerprint density at radius 1 is 1.38 bits per heavy atom. The number of benzene rings is 1. The molecular formula is C16H23ClN2O4S. The predicted octanol–water partition coefficient (Wildman–Crippen LogP) is 2.02. The molecule has 6 nitrogen and oxygen atoms in total. The van der Waals surface area contributed by atoms with E-state index in [0.717, 1.165) is 6.42 Å². The van der Waals surface area contributed by atoms with Gasteiger partial charge in [-0.25, -0.2) is 8.42 Å². The molecule has 1 fully saturated rings. The molecule has 0 radical (unpaired) electrons. The van der Waals surface area contributed by atoms with E-state index in [-0.39, 0.29) is 30.2 Å². The van der Waals surface area contributed by atoms with Crippen molar-refractivity contribution in [3.05, 3.63) is 28.8 Å². The standard InChI is InChI=1S/C16H23ClN2O4S/c1-11(2)14(10-20)18-16(21)12-5-6-13(17)15(9-12)19-7-3-4-8-24(19,22)23/h5-6,9,11,14,20H,3-4,7-8,10H2,1-2H3,(H,18,21)/t14-/m1/s1. The number of sulfonamides is 1. The Bertz CT molecular complexity index is 706. The molecule has 134 valence electrons. The summed E-state index contributed by atoms with van der Waals surface area (Å²) in [5.74, 6) is -0.206. The summed E-state index contributed by atoms with van der Waals surface area (Å²) in [6.07, 6.45) is 1.38. The molecule has 1 aromatic rings. The molecule has 0 spiro atoms. The van der Waals surface area contributed by atoms with Gasteiger partial charge in [0.15, 0.2) is 0 Å². The van der Waals surface area contributed by atoms with E-state index < -0.39 is 10.0 Å². The van der Waals surface area contributed by atoms with Crippen LogP contribution in [0.3, 0.4) is 0 Å². The average Bonchev–Trinajstić information content (AvgIpc) is 2.52. The first-order valence-corrected chi connectivity index (χ1v) is 9.96. The normalized spacial score (nSPS) is 18.5. The van der Waals surface area contributed by atoms with Crippen LogP contribution in [0.1, 0.15) is 37.0 Å². The van der Waals surface area contributed by atoms with Crippen LogP contribution in [-0.2, 0) is 10.0 Å². The number of hydrogen-bond acceptors (Lipinski definition) is 4. The maximum Gasteiger partial charge on any atom is 0.251 e. The molecular weight excluding hydrogens is 352 g/mol. The Labute approximate surface area is 147 Å². The summed E-state index contributed by atoms with van der Waals surface area (Å²) in [7, 11) is -3.41. The van der Waals surface area contributed by atoms with Gasteiger partial charge in [0.05, 0.1) is 29.1 Å². The molecule has 1 aliphatic rings. The van der Waals surface area contributed by atoms with Crippen LogP contribution >= 0.6 is 11.6 Å². The molecule has 0 bridgehead atoms. The van der Waals surface area contributed by atoms with Crippen molar-refractivity contribution in [2.75, 3.05) is 23.2 Å². The summed E-state index contributed by atoms with van der Waals surface area (Å²) in [6, 6.07) is 4.21. The number of aliphatic hydroxyl groups excluding tert-OH is 1. The zero-order chi connectivity index (χ0) is 17.9. The minimum Gasteiger partial charge on any atom is -0.394 e. The molecule has 2 rings (SSSR count). The predicted molar refractivity (Wildman–Crippen MR) is 95.0 cm³/mol. The van der Waals surface area contributed by atoms with E-state index in [9.17, 15) is 18.3 Å². The SMILES string of the molecule is CC(C)[C@@H](CO)NC(=O)c1ccc(Cl)c(N2CCCCS2(=O)=O)c1. The number of aliphatic hydroxyl groups is 1. The van der Waals surface area contributed by atoms with Crippen LogP contribution in [0.4, 0.5) is 5.69 Å². The van der Waals surface area contributed by atoms with Gasteiger partial charge >= 0.3 is 0 Å². The summed E-state index contributed by atoms with van der Waals surface area (Å²) in [5, 5.41) is 12.4. The Morgan fingerprint density at radius 3 is 2.67 bits per heavy atom. The van der Waals surface area contributed by atoms with Crippen LogP contribution in [0.25, 0.3) is 0 Å². The highest BCUT2D eigenvalue weighted by Crippen LogP contribution is 2.31. The molecule has 8 heteroatoms. The summed E-state index contributed by atoms with van der Waals surface area (Å²) in [4.78, 5) is 12.4. The maximum atomic E-state index is 12.4. The lowest BCUT2D eigenvalue weighted by Gasteiger charge is -2.29. The van der Waals surface area contributed by atoms with Gasteiger partial charge in [-0.2, -0.15) is 0 Å². The number of rotatable bonds is 5. The number of hydrogen-bond donors (Lipinski definition) is 2. The van der Waals surface area contributed by atoms with Gasteiger partial charge in [-0.05, 0) is 37.0 Å². The highest BCUT2D eigenvalue weighted by molar-refractivity contribution is 7.92. The summed E-state index contributed by atoms with van der Waals surface area (Å²) < 4.78 is 25.8. The van der Waals surface area contributed by atoms with Crippen LogP contribution in [0, 0.1) is 5.92 Å². The third-order valence-corrected chi connectivity index (χ3v) is 6.32. The third kappa shape index (κ3) is 4.20. The second kappa shape index (κ2) is 7.72. The fraction of sp³-hybridized carbons (Fsp3) is 0.562. The van der Waals surface area contributed by atoms with Crippen LogP contribution in [-0.4, -0.2) is 44.4 Å². The zero-order valence-electron chi connectivity index (χ0n) is 13.8. The largest absolute Gasteiger partial charge is 0.394 e. The average molecular weight is 375 g/mol. The molecule has 0 aliphatic carbocycles. The molecule has 1 saturated heterocycles. The van der Waals surface area contributed by atoms with Crippen molar-refractivity contribution in [3.63, 3.8) is 0 Å². The molecule has 0 unspecified atom stereocenters. The molecule has 0 aromatic heterocycles. The Kier molecular flexibility index (Phi) is 6.11. The first-order chi connectivity index (χ1) is 11.3. The van der Waals surface area contributed by atoms with Gasteiger partial charge in [0, 0.05) is 12.1 Å². The van der Waals surface area contributed by atoms with E-state index in [1.165, 1.54) is 16.4 Å². The number of anilines is 1.